The summed E-state index contributed by atoms with van der Waals surface area (Å²) >= 11 is 0. The lowest BCUT2D eigenvalue weighted by molar-refractivity contribution is 0.570. The van der Waals surface area contributed by atoms with Crippen molar-refractivity contribution in [3.8, 4) is 11.8 Å². The zero-order chi connectivity index (χ0) is 9.90. The lowest BCUT2D eigenvalue weighted by Crippen LogP contribution is -2.00. The SMILES string of the molecule is CC(C)(C)C#Cc1ncccc1F. The first-order valence-corrected chi connectivity index (χ1v) is 4.13. The number of pyridine rings is 1. The van der Waals surface area contributed by atoms with Crippen molar-refractivity contribution in [1.82, 2.24) is 4.98 Å². The van der Waals surface area contributed by atoms with E-state index < -0.39 is 0 Å². The quantitative estimate of drug-likeness (QED) is 0.555. The largest absolute Gasteiger partial charge is 0.245 e. The van der Waals surface area contributed by atoms with Crippen molar-refractivity contribution in [1.29, 1.82) is 0 Å². The monoisotopic (exact) mass is 177 g/mol. The Labute approximate surface area is 78.0 Å². The summed E-state index contributed by atoms with van der Waals surface area (Å²) in [6, 6.07) is 2.91. The first-order chi connectivity index (χ1) is 5.99. The summed E-state index contributed by atoms with van der Waals surface area (Å²) in [6.45, 7) is 5.92. The highest BCUT2D eigenvalue weighted by molar-refractivity contribution is 5.29. The third-order valence-electron chi connectivity index (χ3n) is 1.31. The van der Waals surface area contributed by atoms with Gasteiger partial charge < -0.3 is 0 Å². The highest BCUT2D eigenvalue weighted by Crippen LogP contribution is 2.10. The van der Waals surface area contributed by atoms with E-state index in [1.165, 1.54) is 12.3 Å². The fourth-order valence-electron chi connectivity index (χ4n) is 0.724. The number of rotatable bonds is 0. The van der Waals surface area contributed by atoms with Crippen LogP contribution >= 0.6 is 0 Å². The molecule has 1 rings (SSSR count). The molecule has 1 heterocycles. The van der Waals surface area contributed by atoms with Crippen LogP contribution in [0.25, 0.3) is 0 Å². The Balaban J connectivity index is 2.97. The van der Waals surface area contributed by atoms with Crippen LogP contribution in [-0.4, -0.2) is 4.98 Å². The van der Waals surface area contributed by atoms with Crippen LogP contribution in [0.1, 0.15) is 26.5 Å². The van der Waals surface area contributed by atoms with Gasteiger partial charge in [0.25, 0.3) is 0 Å². The van der Waals surface area contributed by atoms with Gasteiger partial charge in [0.1, 0.15) is 5.69 Å². The molecule has 2 heteroatoms. The molecule has 0 spiro atoms. The van der Waals surface area contributed by atoms with E-state index >= 15 is 0 Å². The second-order valence-corrected chi connectivity index (χ2v) is 3.83. The van der Waals surface area contributed by atoms with Crippen LogP contribution in [0.5, 0.6) is 0 Å². The Morgan fingerprint density at radius 3 is 2.62 bits per heavy atom. The third-order valence-corrected chi connectivity index (χ3v) is 1.31. The van der Waals surface area contributed by atoms with Crippen LogP contribution in [0.4, 0.5) is 4.39 Å². The topological polar surface area (TPSA) is 12.9 Å². The molecule has 0 saturated carbocycles. The lowest BCUT2D eigenvalue weighted by Gasteiger charge is -2.06. The highest BCUT2D eigenvalue weighted by Gasteiger charge is 2.04. The van der Waals surface area contributed by atoms with Gasteiger partial charge in [-0.15, -0.1) is 0 Å². The Kier molecular flexibility index (Phi) is 2.67. The average molecular weight is 177 g/mol. The summed E-state index contributed by atoms with van der Waals surface area (Å²) in [6.07, 6.45) is 1.54. The fourth-order valence-corrected chi connectivity index (χ4v) is 0.724. The molecule has 0 saturated heterocycles. The van der Waals surface area contributed by atoms with Crippen molar-refractivity contribution in [2.75, 3.05) is 0 Å². The van der Waals surface area contributed by atoms with Gasteiger partial charge in [-0.1, -0.05) is 5.92 Å². The standard InChI is InChI=1S/C11H12FN/c1-11(2,3)7-6-10-9(12)5-4-8-13-10/h4-5,8H,1-3H3. The van der Waals surface area contributed by atoms with E-state index in [1.54, 1.807) is 6.07 Å². The maximum absolute atomic E-state index is 13.0. The maximum Gasteiger partial charge on any atom is 0.157 e. The predicted molar refractivity (Wildman–Crippen MR) is 50.5 cm³/mol. The Morgan fingerprint density at radius 2 is 2.08 bits per heavy atom. The number of nitrogens with zero attached hydrogens (tertiary/aromatic N) is 1. The van der Waals surface area contributed by atoms with E-state index in [4.69, 9.17) is 0 Å². The van der Waals surface area contributed by atoms with E-state index in [9.17, 15) is 4.39 Å². The van der Waals surface area contributed by atoms with E-state index in [0.29, 0.717) is 0 Å². The first-order valence-electron chi connectivity index (χ1n) is 4.13. The molecule has 1 aromatic rings. The molecular formula is C11H12FN. The first kappa shape index (κ1) is 9.73. The molecular weight excluding hydrogens is 165 g/mol. The normalized spacial score (nSPS) is 10.5. The third kappa shape index (κ3) is 3.25. The van der Waals surface area contributed by atoms with Gasteiger partial charge in [0.05, 0.1) is 0 Å². The minimum atomic E-state index is -0.362. The number of halogens is 1. The molecule has 0 aliphatic heterocycles. The summed E-state index contributed by atoms with van der Waals surface area (Å²) in [5.74, 6) is 5.28. The second-order valence-electron chi connectivity index (χ2n) is 3.83. The molecule has 0 aliphatic rings. The molecule has 68 valence electrons. The van der Waals surface area contributed by atoms with Crippen LogP contribution in [0.15, 0.2) is 18.3 Å². The van der Waals surface area contributed by atoms with Crippen molar-refractivity contribution in [3.63, 3.8) is 0 Å². The molecule has 0 aromatic carbocycles. The Morgan fingerprint density at radius 1 is 1.38 bits per heavy atom. The van der Waals surface area contributed by atoms with Crippen LogP contribution in [0.3, 0.4) is 0 Å². The summed E-state index contributed by atoms with van der Waals surface area (Å²) in [5.41, 5.74) is 0.0988. The molecule has 0 unspecified atom stereocenters. The minimum absolute atomic E-state index is 0.121. The summed E-state index contributed by atoms with van der Waals surface area (Å²) in [5, 5.41) is 0. The summed E-state index contributed by atoms with van der Waals surface area (Å²) in [4.78, 5) is 3.83. The Hall–Kier alpha value is -1.36. The van der Waals surface area contributed by atoms with Gasteiger partial charge in [0.2, 0.25) is 0 Å². The zero-order valence-electron chi connectivity index (χ0n) is 8.06. The van der Waals surface area contributed by atoms with Gasteiger partial charge >= 0.3 is 0 Å². The van der Waals surface area contributed by atoms with Crippen molar-refractivity contribution in [3.05, 3.63) is 29.8 Å². The van der Waals surface area contributed by atoms with Crippen LogP contribution in [-0.2, 0) is 0 Å². The molecule has 0 radical (unpaired) electrons. The Bertz CT molecular complexity index is 352. The van der Waals surface area contributed by atoms with Gasteiger partial charge in [-0.3, -0.25) is 0 Å². The van der Waals surface area contributed by atoms with E-state index in [1.807, 2.05) is 20.8 Å². The highest BCUT2D eigenvalue weighted by atomic mass is 19.1. The average Bonchev–Trinajstić information content (AvgIpc) is 2.01. The zero-order valence-corrected chi connectivity index (χ0v) is 8.06. The lowest BCUT2D eigenvalue weighted by atomic mass is 9.98. The van der Waals surface area contributed by atoms with Crippen LogP contribution in [0.2, 0.25) is 0 Å². The van der Waals surface area contributed by atoms with Crippen molar-refractivity contribution >= 4 is 0 Å². The molecule has 1 nitrogen and oxygen atoms in total. The van der Waals surface area contributed by atoms with Gasteiger partial charge in [0, 0.05) is 11.6 Å². The van der Waals surface area contributed by atoms with Gasteiger partial charge in [-0.05, 0) is 38.8 Å². The van der Waals surface area contributed by atoms with Gasteiger partial charge in [-0.25, -0.2) is 9.37 Å². The van der Waals surface area contributed by atoms with E-state index in [0.717, 1.165) is 0 Å². The molecule has 13 heavy (non-hydrogen) atoms. The van der Waals surface area contributed by atoms with E-state index in [2.05, 4.69) is 16.8 Å². The van der Waals surface area contributed by atoms with Gasteiger partial charge in [-0.2, -0.15) is 0 Å². The van der Waals surface area contributed by atoms with Crippen molar-refractivity contribution < 1.29 is 4.39 Å². The number of aromatic nitrogens is 1. The molecule has 0 N–H and O–H groups in total. The van der Waals surface area contributed by atoms with Crippen LogP contribution < -0.4 is 0 Å². The minimum Gasteiger partial charge on any atom is -0.245 e. The summed E-state index contributed by atoms with van der Waals surface area (Å²) in [7, 11) is 0. The molecule has 0 bridgehead atoms. The fraction of sp³-hybridized carbons (Fsp3) is 0.364. The molecule has 1 aromatic heterocycles. The molecule has 0 atom stereocenters. The van der Waals surface area contributed by atoms with Crippen LogP contribution in [0, 0.1) is 23.1 Å². The summed E-state index contributed by atoms with van der Waals surface area (Å²) < 4.78 is 13.0. The second kappa shape index (κ2) is 3.57. The maximum atomic E-state index is 13.0. The molecule has 0 fully saturated rings. The molecule has 0 aliphatic carbocycles. The van der Waals surface area contributed by atoms with E-state index in [-0.39, 0.29) is 16.9 Å². The number of hydrogen-bond donors (Lipinski definition) is 0. The van der Waals surface area contributed by atoms with Gasteiger partial charge in [0.15, 0.2) is 5.82 Å². The van der Waals surface area contributed by atoms with Crippen molar-refractivity contribution in [2.45, 2.75) is 20.8 Å². The van der Waals surface area contributed by atoms with Crippen molar-refractivity contribution in [2.24, 2.45) is 5.41 Å². The molecule has 0 amide bonds. The number of hydrogen-bond acceptors (Lipinski definition) is 1. The predicted octanol–water partition coefficient (Wildman–Crippen LogP) is 2.62. The smallest absolute Gasteiger partial charge is 0.157 e.